The molecule has 8 nitrogen and oxygen atoms in total. The zero-order valence-electron chi connectivity index (χ0n) is 15.4. The summed E-state index contributed by atoms with van der Waals surface area (Å²) in [5.74, 6) is -0.993. The molecule has 0 spiro atoms. The Morgan fingerprint density at radius 2 is 1.97 bits per heavy atom. The molecule has 0 saturated carbocycles. The summed E-state index contributed by atoms with van der Waals surface area (Å²) in [5.41, 5.74) is 2.60. The van der Waals surface area contributed by atoms with Crippen LogP contribution in [-0.2, 0) is 11.8 Å². The van der Waals surface area contributed by atoms with Crippen molar-refractivity contribution in [3.63, 3.8) is 0 Å². The fraction of sp³-hybridized carbons (Fsp3) is 0.158. The van der Waals surface area contributed by atoms with Crippen molar-refractivity contribution in [2.75, 3.05) is 5.32 Å². The van der Waals surface area contributed by atoms with E-state index < -0.39 is 17.9 Å². The predicted octanol–water partition coefficient (Wildman–Crippen LogP) is 3.78. The van der Waals surface area contributed by atoms with Gasteiger partial charge in [0.05, 0.1) is 21.3 Å². The summed E-state index contributed by atoms with van der Waals surface area (Å²) in [6.45, 7) is 1.41. The number of fused-ring (bicyclic) bond motifs is 2. The highest BCUT2D eigenvalue weighted by Crippen LogP contribution is 2.31. The number of nitrogens with one attached hydrogen (secondary N) is 2. The number of aliphatic carboxylic acids is 1. The van der Waals surface area contributed by atoms with Gasteiger partial charge in [0.2, 0.25) is 5.95 Å². The maximum absolute atomic E-state index is 12.3. The molecule has 0 bridgehead atoms. The van der Waals surface area contributed by atoms with Gasteiger partial charge in [-0.25, -0.2) is 9.97 Å². The van der Waals surface area contributed by atoms with Gasteiger partial charge < -0.3 is 20.3 Å². The summed E-state index contributed by atoms with van der Waals surface area (Å²) in [6.07, 6.45) is 0. The third kappa shape index (κ3) is 3.74. The van der Waals surface area contributed by atoms with E-state index in [2.05, 4.69) is 20.6 Å². The van der Waals surface area contributed by atoms with Gasteiger partial charge >= 0.3 is 5.97 Å². The Morgan fingerprint density at radius 3 is 2.72 bits per heavy atom. The van der Waals surface area contributed by atoms with Crippen LogP contribution in [0.3, 0.4) is 0 Å². The Balaban J connectivity index is 1.62. The molecule has 29 heavy (non-hydrogen) atoms. The van der Waals surface area contributed by atoms with Gasteiger partial charge in [-0.1, -0.05) is 22.9 Å². The SMILES string of the molecule is C[C@@H](NC(=O)c1ccc2c(c1)nc(Nc1nc3ccc(Cl)cc3s1)n2C)C(=O)O. The van der Waals surface area contributed by atoms with Gasteiger partial charge in [0.1, 0.15) is 6.04 Å². The highest BCUT2D eigenvalue weighted by Gasteiger charge is 2.17. The minimum atomic E-state index is -1.10. The Labute approximate surface area is 174 Å². The lowest BCUT2D eigenvalue weighted by molar-refractivity contribution is -0.138. The number of thiazole rings is 1. The fourth-order valence-corrected chi connectivity index (χ4v) is 3.98. The molecule has 148 valence electrons. The van der Waals surface area contributed by atoms with E-state index in [0.717, 1.165) is 15.7 Å². The van der Waals surface area contributed by atoms with Gasteiger partial charge in [-0.05, 0) is 43.3 Å². The average Bonchev–Trinajstić information content (AvgIpc) is 3.21. The number of anilines is 2. The number of amides is 1. The molecule has 2 aromatic heterocycles. The zero-order chi connectivity index (χ0) is 20.7. The van der Waals surface area contributed by atoms with Gasteiger partial charge in [-0.2, -0.15) is 0 Å². The first-order valence-electron chi connectivity index (χ1n) is 8.65. The van der Waals surface area contributed by atoms with Crippen LogP contribution in [0.25, 0.3) is 21.3 Å². The van der Waals surface area contributed by atoms with Crippen molar-refractivity contribution in [2.45, 2.75) is 13.0 Å². The molecule has 0 unspecified atom stereocenters. The summed E-state index contributed by atoms with van der Waals surface area (Å²) in [5, 5.41) is 15.9. The van der Waals surface area contributed by atoms with E-state index in [0.29, 0.717) is 27.2 Å². The first-order valence-corrected chi connectivity index (χ1v) is 9.84. The Bertz CT molecular complexity index is 1270. The van der Waals surface area contributed by atoms with Crippen LogP contribution < -0.4 is 10.6 Å². The maximum atomic E-state index is 12.3. The highest BCUT2D eigenvalue weighted by molar-refractivity contribution is 7.22. The van der Waals surface area contributed by atoms with Crippen LogP contribution in [0.5, 0.6) is 0 Å². The Hall–Kier alpha value is -3.17. The van der Waals surface area contributed by atoms with Crippen molar-refractivity contribution < 1.29 is 14.7 Å². The van der Waals surface area contributed by atoms with Gasteiger partial charge in [0.25, 0.3) is 5.91 Å². The van der Waals surface area contributed by atoms with E-state index in [9.17, 15) is 9.59 Å². The van der Waals surface area contributed by atoms with E-state index in [1.807, 2.05) is 23.7 Å². The molecule has 0 fully saturated rings. The predicted molar refractivity (Wildman–Crippen MR) is 113 cm³/mol. The molecular formula is C19H16ClN5O3S. The summed E-state index contributed by atoms with van der Waals surface area (Å²) in [6, 6.07) is 9.56. The number of rotatable bonds is 5. The topological polar surface area (TPSA) is 109 Å². The van der Waals surface area contributed by atoms with Crippen LogP contribution in [-0.4, -0.2) is 37.6 Å². The van der Waals surface area contributed by atoms with Crippen molar-refractivity contribution in [3.8, 4) is 0 Å². The monoisotopic (exact) mass is 429 g/mol. The molecule has 1 amide bonds. The van der Waals surface area contributed by atoms with Gasteiger partial charge in [0, 0.05) is 17.6 Å². The summed E-state index contributed by atoms with van der Waals surface area (Å²) in [4.78, 5) is 32.3. The quantitative estimate of drug-likeness (QED) is 0.445. The van der Waals surface area contributed by atoms with Crippen LogP contribution in [0.2, 0.25) is 5.02 Å². The first kappa shape index (κ1) is 19.2. The molecule has 2 aromatic carbocycles. The van der Waals surface area contributed by atoms with Gasteiger partial charge in [0.15, 0.2) is 5.13 Å². The lowest BCUT2D eigenvalue weighted by Crippen LogP contribution is -2.38. The number of hydrogen-bond acceptors (Lipinski definition) is 6. The second-order valence-corrected chi connectivity index (χ2v) is 7.95. The molecule has 0 aliphatic carbocycles. The molecule has 4 rings (SSSR count). The number of aryl methyl sites for hydroxylation is 1. The molecule has 0 radical (unpaired) electrons. The van der Waals surface area contributed by atoms with Crippen LogP contribution >= 0.6 is 22.9 Å². The molecule has 4 aromatic rings. The van der Waals surface area contributed by atoms with Crippen molar-refractivity contribution in [1.82, 2.24) is 19.9 Å². The van der Waals surface area contributed by atoms with Gasteiger partial charge in [-0.15, -0.1) is 0 Å². The summed E-state index contributed by atoms with van der Waals surface area (Å²) < 4.78 is 2.82. The Morgan fingerprint density at radius 1 is 1.17 bits per heavy atom. The van der Waals surface area contributed by atoms with E-state index >= 15 is 0 Å². The third-order valence-corrected chi connectivity index (χ3v) is 5.60. The second kappa shape index (κ2) is 7.34. The highest BCUT2D eigenvalue weighted by atomic mass is 35.5. The van der Waals surface area contributed by atoms with Crippen molar-refractivity contribution in [3.05, 3.63) is 47.0 Å². The van der Waals surface area contributed by atoms with E-state index in [1.54, 1.807) is 24.3 Å². The normalized spacial score (nSPS) is 12.2. The minimum Gasteiger partial charge on any atom is -0.480 e. The van der Waals surface area contributed by atoms with Crippen molar-refractivity contribution in [2.24, 2.45) is 7.05 Å². The van der Waals surface area contributed by atoms with E-state index in [1.165, 1.54) is 18.3 Å². The number of carboxylic acids is 1. The number of imidazole rings is 1. The number of benzene rings is 2. The average molecular weight is 430 g/mol. The van der Waals surface area contributed by atoms with E-state index in [-0.39, 0.29) is 0 Å². The van der Waals surface area contributed by atoms with Crippen molar-refractivity contribution >= 4 is 67.1 Å². The molecule has 3 N–H and O–H groups in total. The number of carbonyl (C=O) groups excluding carboxylic acids is 1. The number of nitrogens with zero attached hydrogens (tertiary/aromatic N) is 3. The van der Waals surface area contributed by atoms with Crippen LogP contribution in [0.15, 0.2) is 36.4 Å². The standard InChI is InChI=1S/C19H16ClN5O3S/c1-9(17(27)28)21-16(26)10-3-6-14-13(7-10)22-18(25(14)2)24-19-23-12-5-4-11(20)8-15(12)29-19/h3-9H,1-2H3,(H,21,26)(H,27,28)(H,22,23,24)/t9-/m1/s1. The molecule has 0 saturated heterocycles. The fourth-order valence-electron chi connectivity index (χ4n) is 2.84. The van der Waals surface area contributed by atoms with E-state index in [4.69, 9.17) is 16.7 Å². The lowest BCUT2D eigenvalue weighted by Gasteiger charge is -2.09. The van der Waals surface area contributed by atoms with Crippen LogP contribution in [0, 0.1) is 0 Å². The Kier molecular flexibility index (Phi) is 4.85. The van der Waals surface area contributed by atoms with Crippen LogP contribution in [0.4, 0.5) is 11.1 Å². The number of hydrogen-bond donors (Lipinski definition) is 3. The lowest BCUT2D eigenvalue weighted by atomic mass is 10.1. The van der Waals surface area contributed by atoms with Gasteiger partial charge in [-0.3, -0.25) is 9.59 Å². The maximum Gasteiger partial charge on any atom is 0.325 e. The number of carbonyl (C=O) groups is 2. The number of aromatic nitrogens is 3. The smallest absolute Gasteiger partial charge is 0.325 e. The molecule has 10 heteroatoms. The minimum absolute atomic E-state index is 0.338. The number of carboxylic acid groups (broad SMARTS) is 1. The second-order valence-electron chi connectivity index (χ2n) is 6.49. The molecule has 0 aliphatic rings. The molecule has 2 heterocycles. The third-order valence-electron chi connectivity index (χ3n) is 4.43. The molecule has 0 aliphatic heterocycles. The molecular weight excluding hydrogens is 414 g/mol. The zero-order valence-corrected chi connectivity index (χ0v) is 17.0. The van der Waals surface area contributed by atoms with Crippen molar-refractivity contribution in [1.29, 1.82) is 0 Å². The summed E-state index contributed by atoms with van der Waals surface area (Å²) in [7, 11) is 1.86. The number of halogens is 1. The molecule has 1 atom stereocenters. The van der Waals surface area contributed by atoms with Crippen LogP contribution in [0.1, 0.15) is 17.3 Å². The first-order chi connectivity index (χ1) is 13.8. The summed E-state index contributed by atoms with van der Waals surface area (Å²) >= 11 is 7.50. The largest absolute Gasteiger partial charge is 0.480 e.